The number of hydrogen-bond acceptors (Lipinski definition) is 8. The molecule has 2 aromatic heterocycles. The molecular formula is C24H23BrN2O6S. The molecule has 1 atom stereocenters. The Balaban J connectivity index is 2.02. The van der Waals surface area contributed by atoms with Crippen LogP contribution in [-0.4, -0.2) is 31.4 Å². The summed E-state index contributed by atoms with van der Waals surface area (Å²) in [7, 11) is 3.07. The Morgan fingerprint density at radius 3 is 2.56 bits per heavy atom. The zero-order chi connectivity index (χ0) is 24.6. The monoisotopic (exact) mass is 546 g/mol. The van der Waals surface area contributed by atoms with Crippen LogP contribution in [0.5, 0.6) is 11.5 Å². The van der Waals surface area contributed by atoms with Gasteiger partial charge in [0, 0.05) is 10.5 Å². The van der Waals surface area contributed by atoms with Crippen LogP contribution in [0.3, 0.4) is 0 Å². The summed E-state index contributed by atoms with van der Waals surface area (Å²) in [5.41, 5.74) is 1.10. The number of carbonyl (C=O) groups excluding carboxylic acids is 1. The Morgan fingerprint density at radius 1 is 1.24 bits per heavy atom. The van der Waals surface area contributed by atoms with Gasteiger partial charge >= 0.3 is 5.97 Å². The Labute approximate surface area is 207 Å². The molecule has 0 fully saturated rings. The van der Waals surface area contributed by atoms with Crippen molar-refractivity contribution in [2.75, 3.05) is 20.8 Å². The molecule has 0 saturated heterocycles. The van der Waals surface area contributed by atoms with Crippen LogP contribution >= 0.6 is 27.3 Å². The molecule has 8 nitrogen and oxygen atoms in total. The predicted octanol–water partition coefficient (Wildman–Crippen LogP) is 3.48. The van der Waals surface area contributed by atoms with Crippen molar-refractivity contribution in [2.24, 2.45) is 4.99 Å². The number of allylic oxidation sites excluding steroid dienone is 1. The maximum absolute atomic E-state index is 13.6. The second kappa shape index (κ2) is 9.63. The molecule has 34 heavy (non-hydrogen) atoms. The summed E-state index contributed by atoms with van der Waals surface area (Å²) >= 11 is 4.82. The quantitative estimate of drug-likeness (QED) is 0.439. The maximum Gasteiger partial charge on any atom is 0.338 e. The first kappa shape index (κ1) is 24.0. The third-order valence-electron chi connectivity index (χ3n) is 5.35. The van der Waals surface area contributed by atoms with E-state index >= 15 is 0 Å². The number of halogens is 1. The fourth-order valence-electron chi connectivity index (χ4n) is 3.83. The van der Waals surface area contributed by atoms with Crippen molar-refractivity contribution in [2.45, 2.75) is 26.8 Å². The number of hydrogen-bond donors (Lipinski definition) is 0. The number of nitrogens with zero attached hydrogens (tertiary/aromatic N) is 2. The van der Waals surface area contributed by atoms with E-state index in [0.717, 1.165) is 5.76 Å². The Bertz CT molecular complexity index is 1480. The van der Waals surface area contributed by atoms with Gasteiger partial charge in [0.25, 0.3) is 5.56 Å². The predicted molar refractivity (Wildman–Crippen MR) is 131 cm³/mol. The van der Waals surface area contributed by atoms with Gasteiger partial charge in [0.05, 0.1) is 42.7 Å². The van der Waals surface area contributed by atoms with Gasteiger partial charge in [-0.3, -0.25) is 9.36 Å². The summed E-state index contributed by atoms with van der Waals surface area (Å²) in [4.78, 5) is 31.7. The molecule has 4 rings (SSSR count). The SMILES string of the molecule is CCOC(=O)C1=C(C)N=c2s/c(=C\c3ccc(C)o3)c(=O)n2C1c1cc(OC)c(OC)cc1Br. The van der Waals surface area contributed by atoms with Gasteiger partial charge in [-0.25, -0.2) is 9.79 Å². The molecule has 1 aromatic carbocycles. The molecule has 3 heterocycles. The number of furan rings is 1. The molecule has 0 radical (unpaired) electrons. The largest absolute Gasteiger partial charge is 0.493 e. The highest BCUT2D eigenvalue weighted by atomic mass is 79.9. The molecular weight excluding hydrogens is 524 g/mol. The number of aromatic nitrogens is 1. The molecule has 1 aliphatic rings. The Kier molecular flexibility index (Phi) is 6.81. The Morgan fingerprint density at radius 2 is 1.94 bits per heavy atom. The van der Waals surface area contributed by atoms with E-state index in [-0.39, 0.29) is 17.7 Å². The topological polar surface area (TPSA) is 92.3 Å². The minimum Gasteiger partial charge on any atom is -0.493 e. The number of aryl methyl sites for hydroxylation is 1. The third-order valence-corrected chi connectivity index (χ3v) is 7.02. The molecule has 0 aliphatic carbocycles. The molecule has 1 aliphatic heterocycles. The van der Waals surface area contributed by atoms with Gasteiger partial charge < -0.3 is 18.6 Å². The van der Waals surface area contributed by atoms with Crippen LogP contribution in [-0.2, 0) is 9.53 Å². The van der Waals surface area contributed by atoms with Crippen LogP contribution in [0, 0.1) is 6.92 Å². The fraction of sp³-hybridized carbons (Fsp3) is 0.292. The van der Waals surface area contributed by atoms with E-state index in [2.05, 4.69) is 20.9 Å². The van der Waals surface area contributed by atoms with E-state index in [4.69, 9.17) is 18.6 Å². The van der Waals surface area contributed by atoms with Gasteiger partial charge in [-0.05, 0) is 50.6 Å². The highest BCUT2D eigenvalue weighted by Gasteiger charge is 2.35. The highest BCUT2D eigenvalue weighted by Crippen LogP contribution is 2.40. The number of thiazole rings is 1. The van der Waals surface area contributed by atoms with Gasteiger partial charge in [0.2, 0.25) is 0 Å². The lowest BCUT2D eigenvalue weighted by molar-refractivity contribution is -0.139. The summed E-state index contributed by atoms with van der Waals surface area (Å²) in [6.45, 7) is 5.50. The lowest BCUT2D eigenvalue weighted by atomic mass is 9.95. The second-order valence-corrected chi connectivity index (χ2v) is 9.34. The number of fused-ring (bicyclic) bond motifs is 1. The molecule has 0 bridgehead atoms. The van der Waals surface area contributed by atoms with E-state index in [1.54, 1.807) is 38.1 Å². The van der Waals surface area contributed by atoms with Crippen molar-refractivity contribution in [1.82, 2.24) is 4.57 Å². The zero-order valence-electron chi connectivity index (χ0n) is 19.3. The van der Waals surface area contributed by atoms with Crippen molar-refractivity contribution >= 4 is 39.3 Å². The maximum atomic E-state index is 13.6. The fourth-order valence-corrected chi connectivity index (χ4v) is 5.39. The van der Waals surface area contributed by atoms with Crippen molar-refractivity contribution in [3.8, 4) is 11.5 Å². The first-order valence-electron chi connectivity index (χ1n) is 10.5. The van der Waals surface area contributed by atoms with Crippen LogP contribution in [0.2, 0.25) is 0 Å². The molecule has 1 unspecified atom stereocenters. The Hall–Kier alpha value is -3.11. The third kappa shape index (κ3) is 4.23. The first-order valence-corrected chi connectivity index (χ1v) is 12.1. The summed E-state index contributed by atoms with van der Waals surface area (Å²) in [5, 5.41) is 0. The summed E-state index contributed by atoms with van der Waals surface area (Å²) < 4.78 is 24.4. The molecule has 0 spiro atoms. The first-order chi connectivity index (χ1) is 16.3. The molecule has 0 N–H and O–H groups in total. The van der Waals surface area contributed by atoms with E-state index in [0.29, 0.717) is 42.3 Å². The average Bonchev–Trinajstić information content (AvgIpc) is 3.35. The summed E-state index contributed by atoms with van der Waals surface area (Å²) in [6.07, 6.45) is 1.68. The van der Waals surface area contributed by atoms with Crippen molar-refractivity contribution in [3.05, 3.63) is 76.8 Å². The highest BCUT2D eigenvalue weighted by molar-refractivity contribution is 9.10. The van der Waals surface area contributed by atoms with Crippen LogP contribution in [0.15, 0.2) is 54.2 Å². The molecule has 178 valence electrons. The van der Waals surface area contributed by atoms with Crippen LogP contribution in [0.1, 0.15) is 37.0 Å². The number of esters is 1. The second-order valence-electron chi connectivity index (χ2n) is 7.48. The van der Waals surface area contributed by atoms with Gasteiger partial charge in [-0.1, -0.05) is 27.3 Å². The minimum atomic E-state index is -0.787. The minimum absolute atomic E-state index is 0.192. The molecule has 0 amide bonds. The van der Waals surface area contributed by atoms with Gasteiger partial charge in [0.1, 0.15) is 11.5 Å². The molecule has 0 saturated carbocycles. The number of methoxy groups -OCH3 is 2. The lowest BCUT2D eigenvalue weighted by Gasteiger charge is -2.26. The lowest BCUT2D eigenvalue weighted by Crippen LogP contribution is -2.40. The van der Waals surface area contributed by atoms with Gasteiger partial charge in [0.15, 0.2) is 16.3 Å². The van der Waals surface area contributed by atoms with E-state index < -0.39 is 12.0 Å². The van der Waals surface area contributed by atoms with E-state index in [1.807, 2.05) is 13.0 Å². The normalized spacial score (nSPS) is 15.7. The number of rotatable bonds is 6. The number of benzene rings is 1. The summed E-state index contributed by atoms with van der Waals surface area (Å²) in [6, 6.07) is 6.33. The van der Waals surface area contributed by atoms with Crippen molar-refractivity contribution in [1.29, 1.82) is 0 Å². The number of carbonyl (C=O) groups is 1. The molecule has 3 aromatic rings. The van der Waals surface area contributed by atoms with Gasteiger partial charge in [-0.2, -0.15) is 0 Å². The van der Waals surface area contributed by atoms with Crippen molar-refractivity contribution in [3.63, 3.8) is 0 Å². The average molecular weight is 547 g/mol. The number of ether oxygens (including phenoxy) is 3. The van der Waals surface area contributed by atoms with Crippen LogP contribution < -0.4 is 24.4 Å². The van der Waals surface area contributed by atoms with Crippen LogP contribution in [0.25, 0.3) is 6.08 Å². The molecule has 10 heteroatoms. The van der Waals surface area contributed by atoms with E-state index in [9.17, 15) is 9.59 Å². The smallest absolute Gasteiger partial charge is 0.338 e. The zero-order valence-corrected chi connectivity index (χ0v) is 21.7. The van der Waals surface area contributed by atoms with E-state index in [1.165, 1.54) is 30.1 Å². The standard InChI is InChI=1S/C24H23BrN2O6S/c1-6-32-23(29)20-13(3)26-24-27(22(28)19(34-24)9-14-8-7-12(2)33-14)21(20)15-10-17(30-4)18(31-5)11-16(15)25/h7-11,21H,6H2,1-5H3/b19-9-. The van der Waals surface area contributed by atoms with Crippen molar-refractivity contribution < 1.29 is 23.4 Å². The van der Waals surface area contributed by atoms with Crippen LogP contribution in [0.4, 0.5) is 0 Å². The summed E-state index contributed by atoms with van der Waals surface area (Å²) in [5.74, 6) is 1.75. The van der Waals surface area contributed by atoms with Gasteiger partial charge in [-0.15, -0.1) is 0 Å².